The largest absolute Gasteiger partial charge is 0.481 e. The Hall–Kier alpha value is -3.39. The maximum atomic E-state index is 12.9. The number of benzene rings is 2. The van der Waals surface area contributed by atoms with E-state index in [1.54, 1.807) is 19.0 Å². The highest BCUT2D eigenvalue weighted by Gasteiger charge is 2.36. The number of carboxylic acids is 1. The lowest BCUT2D eigenvalue weighted by molar-refractivity contribution is -0.142. The topological polar surface area (TPSA) is 108 Å². The molecule has 3 N–H and O–H groups in total. The molecule has 8 nitrogen and oxygen atoms in total. The number of alkyl carbamates (subject to hydrolysis) is 1. The minimum Gasteiger partial charge on any atom is -0.481 e. The minimum atomic E-state index is -0.906. The molecule has 2 aromatic rings. The molecule has 2 amide bonds. The minimum absolute atomic E-state index is 0.0749. The number of carbonyl (C=O) groups excluding carboxylic acids is 2. The number of aliphatic carboxylic acids is 1. The fourth-order valence-electron chi connectivity index (χ4n) is 5.05. The molecule has 0 bridgehead atoms. The van der Waals surface area contributed by atoms with E-state index < -0.39 is 36.0 Å². The highest BCUT2D eigenvalue weighted by Crippen LogP contribution is 2.44. The monoisotopic (exact) mass is 465 g/mol. The molecular weight excluding hydrogens is 434 g/mol. The van der Waals surface area contributed by atoms with Gasteiger partial charge < -0.3 is 25.4 Å². The number of fused-ring (bicyclic) bond motifs is 3. The van der Waals surface area contributed by atoms with Crippen LogP contribution >= 0.6 is 0 Å². The molecule has 3 atom stereocenters. The van der Waals surface area contributed by atoms with Crippen LogP contribution < -0.4 is 10.6 Å². The highest BCUT2D eigenvalue weighted by atomic mass is 16.5. The van der Waals surface area contributed by atoms with Gasteiger partial charge in [0.05, 0.1) is 5.92 Å². The third-order valence-corrected chi connectivity index (χ3v) is 6.66. The SMILES string of the molecule is CN(C)C[C@H](NC(=O)OCC1c2ccccc2-c2ccccc21)C(=O)N[C@H]1CCC[C@H]1C(=O)O. The molecular formula is C26H31N3O5. The van der Waals surface area contributed by atoms with E-state index in [-0.39, 0.29) is 19.1 Å². The number of nitrogens with one attached hydrogen (secondary N) is 2. The molecule has 0 heterocycles. The van der Waals surface area contributed by atoms with Gasteiger partial charge in [-0.15, -0.1) is 0 Å². The molecule has 0 spiro atoms. The van der Waals surface area contributed by atoms with Crippen molar-refractivity contribution in [2.24, 2.45) is 5.92 Å². The molecule has 1 saturated carbocycles. The summed E-state index contributed by atoms with van der Waals surface area (Å²) in [4.78, 5) is 38.9. The van der Waals surface area contributed by atoms with Gasteiger partial charge in [-0.2, -0.15) is 0 Å². The second-order valence-electron chi connectivity index (χ2n) is 9.28. The Labute approximate surface area is 199 Å². The first-order valence-electron chi connectivity index (χ1n) is 11.6. The average molecular weight is 466 g/mol. The Kier molecular flexibility index (Phi) is 7.17. The molecule has 2 aromatic carbocycles. The summed E-state index contributed by atoms with van der Waals surface area (Å²) in [5.74, 6) is -1.98. The molecule has 34 heavy (non-hydrogen) atoms. The third-order valence-electron chi connectivity index (χ3n) is 6.66. The maximum Gasteiger partial charge on any atom is 0.407 e. The van der Waals surface area contributed by atoms with Gasteiger partial charge in [-0.3, -0.25) is 9.59 Å². The Morgan fingerprint density at radius 1 is 1.03 bits per heavy atom. The average Bonchev–Trinajstić information content (AvgIpc) is 3.39. The van der Waals surface area contributed by atoms with E-state index in [9.17, 15) is 19.5 Å². The summed E-state index contributed by atoms with van der Waals surface area (Å²) in [7, 11) is 3.60. The quantitative estimate of drug-likeness (QED) is 0.553. The van der Waals surface area contributed by atoms with Crippen molar-refractivity contribution in [3.8, 4) is 11.1 Å². The Morgan fingerprint density at radius 2 is 1.65 bits per heavy atom. The van der Waals surface area contributed by atoms with Crippen molar-refractivity contribution in [2.45, 2.75) is 37.3 Å². The van der Waals surface area contributed by atoms with E-state index >= 15 is 0 Å². The van der Waals surface area contributed by atoms with Gasteiger partial charge >= 0.3 is 12.1 Å². The van der Waals surface area contributed by atoms with Crippen LogP contribution in [0.1, 0.15) is 36.3 Å². The van der Waals surface area contributed by atoms with Crippen molar-refractivity contribution in [2.75, 3.05) is 27.2 Å². The number of rotatable bonds is 8. The third kappa shape index (κ3) is 5.07. The van der Waals surface area contributed by atoms with E-state index in [2.05, 4.69) is 22.8 Å². The Balaban J connectivity index is 1.40. The number of amides is 2. The normalized spacial score (nSPS) is 19.9. The van der Waals surface area contributed by atoms with Gasteiger partial charge in [0.1, 0.15) is 12.6 Å². The van der Waals surface area contributed by atoms with Crippen molar-refractivity contribution in [3.05, 3.63) is 59.7 Å². The molecule has 2 aliphatic rings. The lowest BCUT2D eigenvalue weighted by Crippen LogP contribution is -2.54. The summed E-state index contributed by atoms with van der Waals surface area (Å²) < 4.78 is 5.59. The summed E-state index contributed by atoms with van der Waals surface area (Å²) in [6, 6.07) is 14.9. The van der Waals surface area contributed by atoms with Gasteiger partial charge in [-0.05, 0) is 49.2 Å². The molecule has 0 aromatic heterocycles. The first-order chi connectivity index (χ1) is 16.3. The zero-order valence-corrected chi connectivity index (χ0v) is 19.5. The van der Waals surface area contributed by atoms with Crippen LogP contribution in [-0.2, 0) is 14.3 Å². The van der Waals surface area contributed by atoms with Gasteiger partial charge in [0.2, 0.25) is 5.91 Å². The summed E-state index contributed by atoms with van der Waals surface area (Å²) >= 11 is 0. The van der Waals surface area contributed by atoms with Gasteiger partial charge in [-0.25, -0.2) is 4.79 Å². The Bertz CT molecular complexity index is 1020. The first kappa shape index (κ1) is 23.8. The fraction of sp³-hybridized carbons (Fsp3) is 0.423. The van der Waals surface area contributed by atoms with Crippen molar-refractivity contribution >= 4 is 18.0 Å². The van der Waals surface area contributed by atoms with Crippen LogP contribution in [0.2, 0.25) is 0 Å². The molecule has 0 saturated heterocycles. The van der Waals surface area contributed by atoms with Crippen LogP contribution in [0.3, 0.4) is 0 Å². The molecule has 180 valence electrons. The van der Waals surface area contributed by atoms with Crippen molar-refractivity contribution in [3.63, 3.8) is 0 Å². The van der Waals surface area contributed by atoms with Crippen molar-refractivity contribution in [1.29, 1.82) is 0 Å². The van der Waals surface area contributed by atoms with E-state index in [1.807, 2.05) is 36.4 Å². The first-order valence-corrected chi connectivity index (χ1v) is 11.6. The van der Waals surface area contributed by atoms with Gasteiger partial charge in [0, 0.05) is 18.5 Å². The van der Waals surface area contributed by atoms with E-state index in [0.717, 1.165) is 28.7 Å². The molecule has 8 heteroatoms. The summed E-state index contributed by atoms with van der Waals surface area (Å²) in [6.45, 7) is 0.417. The number of hydrogen-bond acceptors (Lipinski definition) is 5. The summed E-state index contributed by atoms with van der Waals surface area (Å²) in [5, 5.41) is 14.9. The number of likely N-dealkylation sites (N-methyl/N-ethyl adjacent to an activating group) is 1. The molecule has 2 aliphatic carbocycles. The van der Waals surface area contributed by atoms with E-state index in [0.29, 0.717) is 12.8 Å². The van der Waals surface area contributed by atoms with E-state index in [1.165, 1.54) is 0 Å². The molecule has 4 rings (SSSR count). The summed E-state index contributed by atoms with van der Waals surface area (Å²) in [6.07, 6.45) is 1.23. The lowest BCUT2D eigenvalue weighted by Gasteiger charge is -2.25. The van der Waals surface area contributed by atoms with Gasteiger partial charge in [0.15, 0.2) is 0 Å². The zero-order valence-electron chi connectivity index (χ0n) is 19.5. The summed E-state index contributed by atoms with van der Waals surface area (Å²) in [5.41, 5.74) is 4.50. The molecule has 0 unspecified atom stereocenters. The van der Waals surface area contributed by atoms with Crippen LogP contribution in [0.15, 0.2) is 48.5 Å². The van der Waals surface area contributed by atoms with Crippen LogP contribution in [0.5, 0.6) is 0 Å². The smallest absolute Gasteiger partial charge is 0.407 e. The zero-order chi connectivity index (χ0) is 24.2. The number of nitrogens with zero attached hydrogens (tertiary/aromatic N) is 1. The van der Waals surface area contributed by atoms with Crippen LogP contribution in [0, 0.1) is 5.92 Å². The molecule has 0 radical (unpaired) electrons. The lowest BCUT2D eigenvalue weighted by atomic mass is 9.98. The highest BCUT2D eigenvalue weighted by molar-refractivity contribution is 5.87. The standard InChI is InChI=1S/C26H31N3O5/c1-29(2)14-23(24(30)27-22-13-7-12-20(22)25(31)32)28-26(33)34-15-21-18-10-5-3-8-16(18)17-9-4-6-11-19(17)21/h3-6,8-11,20-23H,7,12-15H2,1-2H3,(H,27,30)(H,28,33)(H,31,32)/t20-,22+,23+/m1/s1. The molecule has 1 fully saturated rings. The predicted molar refractivity (Wildman–Crippen MR) is 127 cm³/mol. The van der Waals surface area contributed by atoms with Crippen LogP contribution in [0.25, 0.3) is 11.1 Å². The number of hydrogen-bond donors (Lipinski definition) is 3. The van der Waals surface area contributed by atoms with Crippen molar-refractivity contribution < 1.29 is 24.2 Å². The molecule has 0 aliphatic heterocycles. The second-order valence-corrected chi connectivity index (χ2v) is 9.28. The van der Waals surface area contributed by atoms with E-state index in [4.69, 9.17) is 4.74 Å². The second kappa shape index (κ2) is 10.3. The van der Waals surface area contributed by atoms with Gasteiger partial charge in [-0.1, -0.05) is 55.0 Å². The predicted octanol–water partition coefficient (Wildman–Crippen LogP) is 2.82. The van der Waals surface area contributed by atoms with Crippen molar-refractivity contribution in [1.82, 2.24) is 15.5 Å². The number of carbonyl (C=O) groups is 3. The number of ether oxygens (including phenoxy) is 1. The Morgan fingerprint density at radius 3 is 2.24 bits per heavy atom. The fourth-order valence-corrected chi connectivity index (χ4v) is 5.05. The maximum absolute atomic E-state index is 12.9. The van der Waals surface area contributed by atoms with Gasteiger partial charge in [0.25, 0.3) is 0 Å². The number of carboxylic acid groups (broad SMARTS) is 1. The van der Waals surface area contributed by atoms with Crippen LogP contribution in [-0.4, -0.2) is 67.3 Å². The van der Waals surface area contributed by atoms with Crippen LogP contribution in [0.4, 0.5) is 4.79 Å².